The monoisotopic (exact) mass is 313 g/mol. The van der Waals surface area contributed by atoms with Gasteiger partial charge in [-0.2, -0.15) is 0 Å². The lowest BCUT2D eigenvalue weighted by Gasteiger charge is -2.10. The summed E-state index contributed by atoms with van der Waals surface area (Å²) in [7, 11) is 0. The Hall–Kier alpha value is -3.33. The highest BCUT2D eigenvalue weighted by Crippen LogP contribution is 2.37. The maximum absolute atomic E-state index is 11.7. The molecule has 3 aromatic carbocycles. The van der Waals surface area contributed by atoms with Gasteiger partial charge in [0.2, 0.25) is 0 Å². The Kier molecular flexibility index (Phi) is 3.39. The van der Waals surface area contributed by atoms with Crippen molar-refractivity contribution in [3.05, 3.63) is 85.5 Å². The molecular weight excluding hydrogens is 298 g/mol. The molecule has 0 spiro atoms. The van der Waals surface area contributed by atoms with Crippen molar-refractivity contribution in [2.45, 2.75) is 0 Å². The molecule has 0 amide bonds. The zero-order valence-electron chi connectivity index (χ0n) is 13.0. The number of ether oxygens (including phenoxy) is 1. The maximum Gasteiger partial charge on any atom is 0.335 e. The number of carbonyl (C=O) groups excluding carboxylic acids is 1. The Bertz CT molecular complexity index is 1060. The largest absolute Gasteiger partial charge is 0.421 e. The molecule has 4 aromatic rings. The van der Waals surface area contributed by atoms with E-state index in [0.717, 1.165) is 27.5 Å². The number of hydrogen-bond acceptors (Lipinski definition) is 2. The van der Waals surface area contributed by atoms with E-state index in [1.165, 1.54) is 6.08 Å². The van der Waals surface area contributed by atoms with E-state index in [1.54, 1.807) is 0 Å². The number of fused-ring (bicyclic) bond motifs is 3. The van der Waals surface area contributed by atoms with E-state index in [9.17, 15) is 4.79 Å². The molecule has 116 valence electrons. The first-order valence-corrected chi connectivity index (χ1v) is 7.71. The predicted molar refractivity (Wildman–Crippen MR) is 96.6 cm³/mol. The van der Waals surface area contributed by atoms with Gasteiger partial charge in [-0.1, -0.05) is 55.1 Å². The second-order valence-electron chi connectivity index (χ2n) is 5.47. The first-order valence-electron chi connectivity index (χ1n) is 7.71. The number of carbonyl (C=O) groups is 1. The number of para-hydroxylation sites is 3. The average Bonchev–Trinajstić information content (AvgIpc) is 2.98. The Morgan fingerprint density at radius 2 is 1.58 bits per heavy atom. The molecule has 0 aliphatic carbocycles. The fraction of sp³-hybridized carbons (Fsp3) is 0. The summed E-state index contributed by atoms with van der Waals surface area (Å²) in [5.41, 5.74) is 2.96. The fourth-order valence-corrected chi connectivity index (χ4v) is 3.06. The average molecular weight is 313 g/mol. The van der Waals surface area contributed by atoms with Crippen LogP contribution in [-0.2, 0) is 4.79 Å². The second-order valence-corrected chi connectivity index (χ2v) is 5.47. The van der Waals surface area contributed by atoms with Gasteiger partial charge in [0.25, 0.3) is 0 Å². The Morgan fingerprint density at radius 3 is 2.38 bits per heavy atom. The molecule has 3 heteroatoms. The third kappa shape index (κ3) is 2.18. The van der Waals surface area contributed by atoms with E-state index in [2.05, 4.69) is 23.3 Å². The van der Waals surface area contributed by atoms with Gasteiger partial charge in [-0.3, -0.25) is 0 Å². The smallest absolute Gasteiger partial charge is 0.335 e. The maximum atomic E-state index is 11.7. The molecule has 0 radical (unpaired) electrons. The molecule has 0 aliphatic rings. The van der Waals surface area contributed by atoms with Gasteiger partial charge < -0.3 is 9.30 Å². The summed E-state index contributed by atoms with van der Waals surface area (Å²) in [5.74, 6) is 0.0600. The quantitative estimate of drug-likeness (QED) is 0.307. The standard InChI is InChI=1S/C21H15NO2/c1-2-20(23)24-19-14-8-12-17-16-11-6-7-13-18(16)22(21(17)19)15-9-4-3-5-10-15/h2-14H,1H2. The van der Waals surface area contributed by atoms with Crippen molar-refractivity contribution < 1.29 is 9.53 Å². The van der Waals surface area contributed by atoms with Crippen molar-refractivity contribution in [1.29, 1.82) is 0 Å². The van der Waals surface area contributed by atoms with Gasteiger partial charge in [0, 0.05) is 22.5 Å². The zero-order chi connectivity index (χ0) is 16.5. The van der Waals surface area contributed by atoms with Gasteiger partial charge in [0.1, 0.15) is 0 Å². The van der Waals surface area contributed by atoms with Crippen molar-refractivity contribution in [2.75, 3.05) is 0 Å². The van der Waals surface area contributed by atoms with Crippen molar-refractivity contribution >= 4 is 27.8 Å². The van der Waals surface area contributed by atoms with Crippen LogP contribution in [0, 0.1) is 0 Å². The molecule has 4 rings (SSSR count). The number of nitrogens with zero attached hydrogens (tertiary/aromatic N) is 1. The molecule has 0 aliphatic heterocycles. The number of esters is 1. The molecule has 3 nitrogen and oxygen atoms in total. The number of benzene rings is 3. The van der Waals surface area contributed by atoms with Crippen LogP contribution in [0.5, 0.6) is 5.75 Å². The van der Waals surface area contributed by atoms with E-state index in [0.29, 0.717) is 5.75 Å². The van der Waals surface area contributed by atoms with Crippen molar-refractivity contribution in [2.24, 2.45) is 0 Å². The highest BCUT2D eigenvalue weighted by Gasteiger charge is 2.16. The summed E-state index contributed by atoms with van der Waals surface area (Å²) in [6.45, 7) is 3.48. The topological polar surface area (TPSA) is 31.2 Å². The normalized spacial score (nSPS) is 10.8. The molecule has 24 heavy (non-hydrogen) atoms. The minimum Gasteiger partial charge on any atom is -0.421 e. The predicted octanol–water partition coefficient (Wildman–Crippen LogP) is 4.88. The minimum absolute atomic E-state index is 0.465. The summed E-state index contributed by atoms with van der Waals surface area (Å²) >= 11 is 0. The zero-order valence-corrected chi connectivity index (χ0v) is 13.0. The minimum atomic E-state index is -0.465. The molecular formula is C21H15NO2. The summed E-state index contributed by atoms with van der Waals surface area (Å²) in [5, 5.41) is 2.16. The van der Waals surface area contributed by atoms with Gasteiger partial charge in [-0.25, -0.2) is 4.79 Å². The van der Waals surface area contributed by atoms with E-state index in [1.807, 2.05) is 60.7 Å². The fourth-order valence-electron chi connectivity index (χ4n) is 3.06. The lowest BCUT2D eigenvalue weighted by Crippen LogP contribution is -2.05. The third-order valence-corrected chi connectivity index (χ3v) is 4.05. The number of aromatic nitrogens is 1. The molecule has 1 heterocycles. The van der Waals surface area contributed by atoms with Crippen LogP contribution in [0.2, 0.25) is 0 Å². The Balaban J connectivity index is 2.13. The SMILES string of the molecule is C=CC(=O)Oc1cccc2c3ccccc3n(-c3ccccc3)c12. The van der Waals surface area contributed by atoms with Gasteiger partial charge in [-0.05, 0) is 24.3 Å². The van der Waals surface area contributed by atoms with Crippen LogP contribution in [0.15, 0.2) is 85.5 Å². The van der Waals surface area contributed by atoms with Gasteiger partial charge in [0.05, 0.1) is 11.0 Å². The van der Waals surface area contributed by atoms with Crippen LogP contribution in [0.3, 0.4) is 0 Å². The van der Waals surface area contributed by atoms with Crippen LogP contribution < -0.4 is 4.74 Å². The van der Waals surface area contributed by atoms with Crippen LogP contribution >= 0.6 is 0 Å². The first kappa shape index (κ1) is 14.3. The Labute approximate surface area is 139 Å². The van der Waals surface area contributed by atoms with E-state index >= 15 is 0 Å². The van der Waals surface area contributed by atoms with Crippen LogP contribution in [0.1, 0.15) is 0 Å². The van der Waals surface area contributed by atoms with Gasteiger partial charge in [-0.15, -0.1) is 0 Å². The summed E-state index contributed by atoms with van der Waals surface area (Å²) in [6.07, 6.45) is 1.17. The Morgan fingerprint density at radius 1 is 0.875 bits per heavy atom. The molecule has 0 atom stereocenters. The summed E-state index contributed by atoms with van der Waals surface area (Å²) in [4.78, 5) is 11.7. The third-order valence-electron chi connectivity index (χ3n) is 4.05. The number of hydrogen-bond donors (Lipinski definition) is 0. The molecule has 0 unspecified atom stereocenters. The summed E-state index contributed by atoms with van der Waals surface area (Å²) in [6, 6.07) is 24.0. The van der Waals surface area contributed by atoms with Crippen LogP contribution in [0.25, 0.3) is 27.5 Å². The van der Waals surface area contributed by atoms with E-state index < -0.39 is 5.97 Å². The van der Waals surface area contributed by atoms with Crippen molar-refractivity contribution in [3.8, 4) is 11.4 Å². The molecule has 0 N–H and O–H groups in total. The van der Waals surface area contributed by atoms with Crippen molar-refractivity contribution in [1.82, 2.24) is 4.57 Å². The van der Waals surface area contributed by atoms with E-state index in [4.69, 9.17) is 4.74 Å². The van der Waals surface area contributed by atoms with Crippen molar-refractivity contribution in [3.63, 3.8) is 0 Å². The van der Waals surface area contributed by atoms with Crippen LogP contribution in [-0.4, -0.2) is 10.5 Å². The first-order chi connectivity index (χ1) is 11.8. The highest BCUT2D eigenvalue weighted by molar-refractivity contribution is 6.11. The molecule has 0 saturated heterocycles. The van der Waals surface area contributed by atoms with Crippen LogP contribution in [0.4, 0.5) is 0 Å². The highest BCUT2D eigenvalue weighted by atomic mass is 16.5. The summed E-state index contributed by atoms with van der Waals surface area (Å²) < 4.78 is 7.61. The molecule has 1 aromatic heterocycles. The molecule has 0 bridgehead atoms. The lowest BCUT2D eigenvalue weighted by atomic mass is 10.1. The van der Waals surface area contributed by atoms with Gasteiger partial charge >= 0.3 is 5.97 Å². The van der Waals surface area contributed by atoms with E-state index in [-0.39, 0.29) is 0 Å². The molecule has 0 fully saturated rings. The second kappa shape index (κ2) is 5.70. The van der Waals surface area contributed by atoms with Gasteiger partial charge in [0.15, 0.2) is 5.75 Å². The number of rotatable bonds is 3. The molecule has 0 saturated carbocycles. The lowest BCUT2D eigenvalue weighted by molar-refractivity contribution is -0.128.